The average molecular weight is 471 g/mol. The minimum absolute atomic E-state index is 0.142. The number of benzene rings is 2. The number of methoxy groups -OCH3 is 2. The third-order valence-electron chi connectivity index (χ3n) is 5.60. The molecule has 0 aromatic heterocycles. The van der Waals surface area contributed by atoms with Crippen LogP contribution in [0, 0.1) is 5.92 Å². The van der Waals surface area contributed by atoms with Gasteiger partial charge in [0.1, 0.15) is 17.2 Å². The fourth-order valence-corrected chi connectivity index (χ4v) is 3.61. The summed E-state index contributed by atoms with van der Waals surface area (Å²) in [5.74, 6) is 2.58. The van der Waals surface area contributed by atoms with E-state index < -0.39 is 0 Å². The molecule has 0 spiro atoms. The van der Waals surface area contributed by atoms with E-state index >= 15 is 0 Å². The third kappa shape index (κ3) is 9.54. The van der Waals surface area contributed by atoms with Gasteiger partial charge in [0.25, 0.3) is 0 Å². The van der Waals surface area contributed by atoms with Crippen LogP contribution in [0.4, 0.5) is 10.5 Å². The van der Waals surface area contributed by atoms with Crippen molar-refractivity contribution in [2.45, 2.75) is 65.8 Å². The Hall–Kier alpha value is -2.89. The van der Waals surface area contributed by atoms with E-state index in [1.54, 1.807) is 26.4 Å². The highest BCUT2D eigenvalue weighted by Crippen LogP contribution is 2.29. The molecule has 2 aromatic carbocycles. The van der Waals surface area contributed by atoms with Crippen LogP contribution in [0.25, 0.3) is 0 Å². The summed E-state index contributed by atoms with van der Waals surface area (Å²) in [7, 11) is 3.19. The molecule has 0 unspecified atom stereocenters. The number of ether oxygens (including phenoxy) is 3. The normalized spacial score (nSPS) is 10.8. The molecule has 0 aliphatic heterocycles. The molecule has 0 atom stereocenters. The molecule has 0 fully saturated rings. The van der Waals surface area contributed by atoms with Gasteiger partial charge < -0.3 is 24.4 Å². The van der Waals surface area contributed by atoms with Gasteiger partial charge in [-0.05, 0) is 42.2 Å². The lowest BCUT2D eigenvalue weighted by Gasteiger charge is -2.24. The van der Waals surface area contributed by atoms with E-state index in [1.165, 1.54) is 25.7 Å². The number of carbonyl (C=O) groups is 1. The number of hydrogen-bond acceptors (Lipinski definition) is 4. The van der Waals surface area contributed by atoms with E-state index in [0.29, 0.717) is 42.8 Å². The maximum Gasteiger partial charge on any atom is 0.322 e. The van der Waals surface area contributed by atoms with Crippen molar-refractivity contribution < 1.29 is 19.0 Å². The molecule has 0 saturated heterocycles. The van der Waals surface area contributed by atoms with Crippen molar-refractivity contribution in [3.63, 3.8) is 0 Å². The van der Waals surface area contributed by atoms with Crippen molar-refractivity contribution in [3.8, 4) is 17.2 Å². The van der Waals surface area contributed by atoms with Crippen molar-refractivity contribution in [1.29, 1.82) is 0 Å². The molecule has 2 amide bonds. The van der Waals surface area contributed by atoms with Gasteiger partial charge >= 0.3 is 6.03 Å². The topological polar surface area (TPSA) is 60.0 Å². The predicted octanol–water partition coefficient (Wildman–Crippen LogP) is 7.13. The first-order valence-corrected chi connectivity index (χ1v) is 12.5. The minimum atomic E-state index is -0.142. The zero-order valence-corrected chi connectivity index (χ0v) is 21.6. The Morgan fingerprint density at radius 1 is 0.912 bits per heavy atom. The Balaban J connectivity index is 2.06. The SMILES string of the molecule is CCCCCCCCN(Cc1ccc(OCC(C)C)cc1)C(=O)Nc1ccc(OC)cc1OC. The van der Waals surface area contributed by atoms with Crippen LogP contribution in [0.1, 0.15) is 64.9 Å². The van der Waals surface area contributed by atoms with Gasteiger partial charge in [0.2, 0.25) is 0 Å². The van der Waals surface area contributed by atoms with E-state index in [9.17, 15) is 4.79 Å². The van der Waals surface area contributed by atoms with E-state index in [4.69, 9.17) is 14.2 Å². The van der Waals surface area contributed by atoms with Gasteiger partial charge in [-0.3, -0.25) is 0 Å². The van der Waals surface area contributed by atoms with E-state index in [0.717, 1.165) is 24.2 Å². The van der Waals surface area contributed by atoms with Crippen molar-refractivity contribution >= 4 is 11.7 Å². The first kappa shape index (κ1) is 27.4. The monoisotopic (exact) mass is 470 g/mol. The smallest absolute Gasteiger partial charge is 0.322 e. The molecule has 0 saturated carbocycles. The fraction of sp³-hybridized carbons (Fsp3) is 0.536. The number of carbonyl (C=O) groups excluding carboxylic acids is 1. The summed E-state index contributed by atoms with van der Waals surface area (Å²) in [6, 6.07) is 13.3. The van der Waals surface area contributed by atoms with Crippen LogP contribution in [0.2, 0.25) is 0 Å². The highest BCUT2D eigenvalue weighted by Gasteiger charge is 2.16. The van der Waals surface area contributed by atoms with Crippen molar-refractivity contribution in [3.05, 3.63) is 48.0 Å². The van der Waals surface area contributed by atoms with Gasteiger partial charge in [-0.1, -0.05) is 65.0 Å². The molecular weight excluding hydrogens is 428 g/mol. The summed E-state index contributed by atoms with van der Waals surface area (Å²) in [6.45, 7) is 8.40. The molecule has 6 heteroatoms. The van der Waals surface area contributed by atoms with Gasteiger partial charge in [0.15, 0.2) is 0 Å². The van der Waals surface area contributed by atoms with Crippen molar-refractivity contribution in [2.24, 2.45) is 5.92 Å². The molecule has 2 rings (SSSR count). The molecule has 0 aliphatic rings. The van der Waals surface area contributed by atoms with Crippen LogP contribution in [-0.2, 0) is 6.54 Å². The zero-order chi connectivity index (χ0) is 24.8. The van der Waals surface area contributed by atoms with Gasteiger partial charge in [-0.2, -0.15) is 0 Å². The van der Waals surface area contributed by atoms with Gasteiger partial charge in [-0.25, -0.2) is 4.79 Å². The minimum Gasteiger partial charge on any atom is -0.497 e. The second-order valence-corrected chi connectivity index (χ2v) is 9.03. The molecule has 0 radical (unpaired) electrons. The highest BCUT2D eigenvalue weighted by atomic mass is 16.5. The van der Waals surface area contributed by atoms with Gasteiger partial charge in [0.05, 0.1) is 26.5 Å². The maximum atomic E-state index is 13.3. The number of amides is 2. The third-order valence-corrected chi connectivity index (χ3v) is 5.60. The zero-order valence-electron chi connectivity index (χ0n) is 21.6. The molecule has 0 heterocycles. The Labute approximate surface area is 205 Å². The number of rotatable bonds is 15. The first-order valence-electron chi connectivity index (χ1n) is 12.5. The second kappa shape index (κ2) is 15.1. The molecular formula is C28H42N2O4. The Bertz CT molecular complexity index is 852. The quantitative estimate of drug-likeness (QED) is 0.281. The Morgan fingerprint density at radius 2 is 1.59 bits per heavy atom. The summed E-state index contributed by atoms with van der Waals surface area (Å²) in [5.41, 5.74) is 1.69. The van der Waals surface area contributed by atoms with Crippen molar-refractivity contribution in [2.75, 3.05) is 32.7 Å². The highest BCUT2D eigenvalue weighted by molar-refractivity contribution is 5.91. The molecule has 188 valence electrons. The lowest BCUT2D eigenvalue weighted by Crippen LogP contribution is -2.35. The van der Waals surface area contributed by atoms with Crippen LogP contribution in [0.3, 0.4) is 0 Å². The molecule has 6 nitrogen and oxygen atoms in total. The number of urea groups is 1. The van der Waals surface area contributed by atoms with Crippen LogP contribution in [0.15, 0.2) is 42.5 Å². The standard InChI is InChI=1S/C28H42N2O4/c1-6-7-8-9-10-11-18-30(20-23-12-14-24(15-13-23)34-21-22(2)3)28(31)29-26-17-16-25(32-4)19-27(26)33-5/h12-17,19,22H,6-11,18,20-21H2,1-5H3,(H,29,31). The van der Waals surface area contributed by atoms with Crippen LogP contribution < -0.4 is 19.5 Å². The molecule has 34 heavy (non-hydrogen) atoms. The van der Waals surface area contributed by atoms with Gasteiger partial charge in [-0.15, -0.1) is 0 Å². The summed E-state index contributed by atoms with van der Waals surface area (Å²) >= 11 is 0. The summed E-state index contributed by atoms with van der Waals surface area (Å²) in [4.78, 5) is 15.1. The lowest BCUT2D eigenvalue weighted by atomic mass is 10.1. The van der Waals surface area contributed by atoms with Gasteiger partial charge in [0, 0.05) is 19.2 Å². The predicted molar refractivity (Wildman–Crippen MR) is 139 cm³/mol. The molecule has 0 aliphatic carbocycles. The summed E-state index contributed by atoms with van der Waals surface area (Å²) < 4.78 is 16.5. The summed E-state index contributed by atoms with van der Waals surface area (Å²) in [6.07, 6.45) is 7.06. The fourth-order valence-electron chi connectivity index (χ4n) is 3.61. The van der Waals surface area contributed by atoms with E-state index in [1.807, 2.05) is 35.2 Å². The number of anilines is 1. The first-order chi connectivity index (χ1) is 16.5. The van der Waals surface area contributed by atoms with Crippen molar-refractivity contribution in [1.82, 2.24) is 4.90 Å². The van der Waals surface area contributed by atoms with Crippen LogP contribution >= 0.6 is 0 Å². The van der Waals surface area contributed by atoms with Crippen LogP contribution in [0.5, 0.6) is 17.2 Å². The number of unbranched alkanes of at least 4 members (excludes halogenated alkanes) is 5. The van der Waals surface area contributed by atoms with E-state index in [2.05, 4.69) is 26.1 Å². The average Bonchev–Trinajstić information content (AvgIpc) is 2.85. The lowest BCUT2D eigenvalue weighted by molar-refractivity contribution is 0.207. The Kier molecular flexibility index (Phi) is 12.1. The number of nitrogens with zero attached hydrogens (tertiary/aromatic N) is 1. The Morgan fingerprint density at radius 3 is 2.24 bits per heavy atom. The number of nitrogens with one attached hydrogen (secondary N) is 1. The number of hydrogen-bond donors (Lipinski definition) is 1. The molecule has 0 bridgehead atoms. The van der Waals surface area contributed by atoms with Crippen LogP contribution in [-0.4, -0.2) is 38.3 Å². The molecule has 2 aromatic rings. The maximum absolute atomic E-state index is 13.3. The molecule has 1 N–H and O–H groups in total. The second-order valence-electron chi connectivity index (χ2n) is 9.03. The largest absolute Gasteiger partial charge is 0.497 e. The summed E-state index contributed by atoms with van der Waals surface area (Å²) in [5, 5.41) is 3.02. The van der Waals surface area contributed by atoms with E-state index in [-0.39, 0.29) is 6.03 Å².